The van der Waals surface area contributed by atoms with E-state index in [1.807, 2.05) is 0 Å². The molecule has 0 aliphatic carbocycles. The Hall–Kier alpha value is -3.69. The Morgan fingerprint density at radius 2 is 2.04 bits per heavy atom. The van der Waals surface area contributed by atoms with Gasteiger partial charge in [0.25, 0.3) is 17.2 Å². The lowest BCUT2D eigenvalue weighted by Crippen LogP contribution is -2.29. The van der Waals surface area contributed by atoms with Gasteiger partial charge in [-0.25, -0.2) is 4.98 Å². The van der Waals surface area contributed by atoms with Gasteiger partial charge in [0.2, 0.25) is 5.71 Å². The normalized spacial score (nSPS) is 10.7. The third-order valence-electron chi connectivity index (χ3n) is 3.72. The number of nitro groups is 1. The van der Waals surface area contributed by atoms with Crippen LogP contribution in [0.5, 0.6) is 0 Å². The zero-order chi connectivity index (χ0) is 18.7. The molecule has 134 valence electrons. The van der Waals surface area contributed by atoms with E-state index in [0.717, 1.165) is 0 Å². The minimum atomic E-state index is -0.474. The van der Waals surface area contributed by atoms with Crippen molar-refractivity contribution < 1.29 is 14.1 Å². The first kappa shape index (κ1) is 17.1. The molecule has 1 amide bonds. The number of non-ortho nitro benzene ring substituents is 1. The largest absolute Gasteiger partial charge is 0.442 e. The number of fused-ring (bicyclic) bond motifs is 1. The smallest absolute Gasteiger partial charge is 0.269 e. The molecule has 1 aromatic carbocycles. The van der Waals surface area contributed by atoms with Crippen LogP contribution in [0.4, 0.5) is 11.4 Å². The van der Waals surface area contributed by atoms with Crippen molar-refractivity contribution in [3.63, 3.8) is 0 Å². The second-order valence-electron chi connectivity index (χ2n) is 5.43. The van der Waals surface area contributed by atoms with Crippen LogP contribution in [-0.4, -0.2) is 33.9 Å². The van der Waals surface area contributed by atoms with Gasteiger partial charge in [-0.1, -0.05) is 0 Å². The maximum Gasteiger partial charge on any atom is 0.269 e. The Morgan fingerprint density at radius 3 is 2.73 bits per heavy atom. The van der Waals surface area contributed by atoms with E-state index in [1.165, 1.54) is 18.5 Å². The highest BCUT2D eigenvalue weighted by atomic mass is 16.6. The van der Waals surface area contributed by atoms with E-state index in [0.29, 0.717) is 18.0 Å². The predicted octanol–water partition coefficient (Wildman–Crippen LogP) is 1.57. The van der Waals surface area contributed by atoms with Gasteiger partial charge in [0, 0.05) is 30.9 Å². The second-order valence-corrected chi connectivity index (χ2v) is 5.43. The average molecular weight is 357 g/mol. The molecule has 0 saturated heterocycles. The van der Waals surface area contributed by atoms with Crippen LogP contribution in [0.3, 0.4) is 0 Å². The number of hydrogen-bond acceptors (Lipinski definition) is 7. The predicted molar refractivity (Wildman–Crippen MR) is 93.3 cm³/mol. The third kappa shape index (κ3) is 3.38. The first-order valence-electron chi connectivity index (χ1n) is 7.70. The van der Waals surface area contributed by atoms with Crippen LogP contribution in [0, 0.1) is 17.0 Å². The fourth-order valence-electron chi connectivity index (χ4n) is 2.50. The van der Waals surface area contributed by atoms with Crippen molar-refractivity contribution in [2.45, 2.75) is 6.92 Å². The van der Waals surface area contributed by atoms with E-state index in [1.54, 1.807) is 19.1 Å². The van der Waals surface area contributed by atoms with Crippen LogP contribution in [0.1, 0.15) is 16.1 Å². The number of aryl methyl sites for hydroxylation is 1. The standard InChI is InChI=1S/C16H15N5O5/c1-9-12(13-15(23)19-8-20-16(13)26-9)14(22)18-7-6-17-10-2-4-11(5-3-10)21(24)25/h2-5,8,17H,6-7H2,1H3,(H,18,22)(H,19,20,23). The Labute approximate surface area is 146 Å². The summed E-state index contributed by atoms with van der Waals surface area (Å²) in [5.41, 5.74) is 0.520. The maximum atomic E-state index is 12.4. The van der Waals surface area contributed by atoms with Crippen LogP contribution in [-0.2, 0) is 0 Å². The van der Waals surface area contributed by atoms with Crippen LogP contribution < -0.4 is 16.2 Å². The molecular formula is C16H15N5O5. The lowest BCUT2D eigenvalue weighted by Gasteiger charge is -2.07. The Morgan fingerprint density at radius 1 is 1.31 bits per heavy atom. The summed E-state index contributed by atoms with van der Waals surface area (Å²) in [4.78, 5) is 40.7. The van der Waals surface area contributed by atoms with Gasteiger partial charge in [0.15, 0.2) is 0 Å². The van der Waals surface area contributed by atoms with Crippen LogP contribution >= 0.6 is 0 Å². The fourth-order valence-corrected chi connectivity index (χ4v) is 2.50. The summed E-state index contributed by atoms with van der Waals surface area (Å²) in [5.74, 6) is -0.129. The molecule has 0 atom stereocenters. The van der Waals surface area contributed by atoms with Gasteiger partial charge >= 0.3 is 0 Å². The molecular weight excluding hydrogens is 342 g/mol. The van der Waals surface area contributed by atoms with Gasteiger partial charge in [-0.15, -0.1) is 0 Å². The van der Waals surface area contributed by atoms with E-state index in [2.05, 4.69) is 20.6 Å². The molecule has 26 heavy (non-hydrogen) atoms. The highest BCUT2D eigenvalue weighted by Gasteiger charge is 2.21. The SMILES string of the molecule is Cc1oc2nc[nH]c(=O)c2c1C(=O)NCCNc1ccc([N+](=O)[O-])cc1. The van der Waals surface area contributed by atoms with Crippen molar-refractivity contribution in [1.29, 1.82) is 0 Å². The molecule has 0 aliphatic rings. The van der Waals surface area contributed by atoms with E-state index in [9.17, 15) is 19.7 Å². The zero-order valence-corrected chi connectivity index (χ0v) is 13.7. The van der Waals surface area contributed by atoms with E-state index in [4.69, 9.17) is 4.42 Å². The number of furan rings is 1. The van der Waals surface area contributed by atoms with Gasteiger partial charge in [-0.2, -0.15) is 0 Å². The molecule has 0 spiro atoms. The summed E-state index contributed by atoms with van der Waals surface area (Å²) < 4.78 is 5.34. The van der Waals surface area contributed by atoms with Crippen molar-refractivity contribution in [1.82, 2.24) is 15.3 Å². The number of aromatic nitrogens is 2. The van der Waals surface area contributed by atoms with Crippen LogP contribution in [0.15, 0.2) is 39.8 Å². The fraction of sp³-hybridized carbons (Fsp3) is 0.188. The number of carbonyl (C=O) groups excluding carboxylic acids is 1. The van der Waals surface area contributed by atoms with Crippen LogP contribution in [0.25, 0.3) is 11.1 Å². The summed E-state index contributed by atoms with van der Waals surface area (Å²) in [6, 6.07) is 5.94. The number of nitro benzene ring substituents is 1. The monoisotopic (exact) mass is 357 g/mol. The molecule has 10 nitrogen and oxygen atoms in total. The molecule has 2 aromatic heterocycles. The zero-order valence-electron chi connectivity index (χ0n) is 13.7. The lowest BCUT2D eigenvalue weighted by atomic mass is 10.2. The minimum absolute atomic E-state index is 0.00463. The van der Waals surface area contributed by atoms with E-state index < -0.39 is 16.4 Å². The van der Waals surface area contributed by atoms with Gasteiger partial charge in [-0.05, 0) is 19.1 Å². The Balaban J connectivity index is 1.60. The van der Waals surface area contributed by atoms with E-state index >= 15 is 0 Å². The van der Waals surface area contributed by atoms with E-state index in [-0.39, 0.29) is 28.9 Å². The third-order valence-corrected chi connectivity index (χ3v) is 3.72. The molecule has 3 rings (SSSR count). The molecule has 2 heterocycles. The van der Waals surface area contributed by atoms with Crippen molar-refractivity contribution in [2.75, 3.05) is 18.4 Å². The second kappa shape index (κ2) is 7.05. The van der Waals surface area contributed by atoms with Crippen molar-refractivity contribution in [2.24, 2.45) is 0 Å². The average Bonchev–Trinajstić information content (AvgIpc) is 2.96. The van der Waals surface area contributed by atoms with Crippen molar-refractivity contribution >= 4 is 28.4 Å². The maximum absolute atomic E-state index is 12.4. The van der Waals surface area contributed by atoms with Gasteiger partial charge in [-0.3, -0.25) is 19.7 Å². The molecule has 0 aliphatic heterocycles. The van der Waals surface area contributed by atoms with Crippen molar-refractivity contribution in [3.05, 3.63) is 62.4 Å². The van der Waals surface area contributed by atoms with Gasteiger partial charge < -0.3 is 20.0 Å². The highest BCUT2D eigenvalue weighted by Crippen LogP contribution is 2.20. The summed E-state index contributed by atoms with van der Waals surface area (Å²) in [6.07, 6.45) is 1.21. The molecule has 0 unspecified atom stereocenters. The Bertz CT molecular complexity index is 1020. The number of nitrogens with one attached hydrogen (secondary N) is 3. The number of benzene rings is 1. The number of amides is 1. The molecule has 3 aromatic rings. The molecule has 0 bridgehead atoms. The summed E-state index contributed by atoms with van der Waals surface area (Å²) in [6.45, 7) is 2.26. The number of carbonyl (C=O) groups is 1. The minimum Gasteiger partial charge on any atom is -0.442 e. The lowest BCUT2D eigenvalue weighted by molar-refractivity contribution is -0.384. The van der Waals surface area contributed by atoms with Crippen LogP contribution in [0.2, 0.25) is 0 Å². The van der Waals surface area contributed by atoms with Crippen molar-refractivity contribution in [3.8, 4) is 0 Å². The summed E-state index contributed by atoms with van der Waals surface area (Å²) in [7, 11) is 0. The summed E-state index contributed by atoms with van der Waals surface area (Å²) in [5, 5.41) is 16.5. The number of H-pyrrole nitrogens is 1. The first-order chi connectivity index (χ1) is 12.5. The molecule has 0 radical (unpaired) electrons. The number of rotatable bonds is 6. The highest BCUT2D eigenvalue weighted by molar-refractivity contribution is 6.06. The molecule has 3 N–H and O–H groups in total. The summed E-state index contributed by atoms with van der Waals surface area (Å²) >= 11 is 0. The van der Waals surface area contributed by atoms with Gasteiger partial charge in [0.05, 0.1) is 16.8 Å². The number of hydrogen-bond donors (Lipinski definition) is 3. The topological polar surface area (TPSA) is 143 Å². The van der Waals surface area contributed by atoms with Gasteiger partial charge in [0.1, 0.15) is 11.1 Å². The number of aromatic amines is 1. The number of anilines is 1. The molecule has 0 saturated carbocycles. The first-order valence-corrected chi connectivity index (χ1v) is 7.70. The molecule has 10 heteroatoms. The Kier molecular flexibility index (Phi) is 4.65. The quantitative estimate of drug-likeness (QED) is 0.345. The molecule has 0 fully saturated rings. The number of nitrogens with zero attached hydrogens (tertiary/aromatic N) is 2.